The third-order valence-electron chi connectivity index (χ3n) is 4.08. The van der Waals surface area contributed by atoms with E-state index >= 15 is 0 Å². The fraction of sp³-hybridized carbons (Fsp3) is 0.278. The second kappa shape index (κ2) is 8.69. The Morgan fingerprint density at radius 1 is 1.21 bits per heavy atom. The first-order chi connectivity index (χ1) is 13.9. The lowest BCUT2D eigenvalue weighted by molar-refractivity contribution is -0.126. The average molecular weight is 417 g/mol. The summed E-state index contributed by atoms with van der Waals surface area (Å²) in [5.41, 5.74) is 0.00601. The minimum absolute atomic E-state index is 0.285. The summed E-state index contributed by atoms with van der Waals surface area (Å²) in [4.78, 5) is 45.3. The number of amides is 2. The van der Waals surface area contributed by atoms with Gasteiger partial charge in [0.1, 0.15) is 12.6 Å². The van der Waals surface area contributed by atoms with Crippen molar-refractivity contribution >= 4 is 39.2 Å². The van der Waals surface area contributed by atoms with Gasteiger partial charge in [0.05, 0.1) is 31.4 Å². The minimum atomic E-state index is -0.806. The zero-order valence-electron chi connectivity index (χ0n) is 16.0. The van der Waals surface area contributed by atoms with Crippen LogP contribution in [0, 0.1) is 0 Å². The maximum atomic E-state index is 12.7. The molecule has 2 aromatic heterocycles. The highest BCUT2D eigenvalue weighted by atomic mass is 32.1. The Bertz CT molecular complexity index is 1100. The Labute approximate surface area is 169 Å². The first-order valence-electron chi connectivity index (χ1n) is 8.53. The number of ether oxygens (including phenoxy) is 2. The van der Waals surface area contributed by atoms with Gasteiger partial charge in [-0.05, 0) is 13.0 Å². The van der Waals surface area contributed by atoms with Gasteiger partial charge < -0.3 is 20.1 Å². The third-order valence-corrected chi connectivity index (χ3v) is 4.77. The van der Waals surface area contributed by atoms with E-state index in [0.717, 1.165) is 4.57 Å². The molecule has 11 heteroatoms. The molecule has 2 N–H and O–H groups in total. The van der Waals surface area contributed by atoms with E-state index in [1.807, 2.05) is 0 Å². The van der Waals surface area contributed by atoms with Crippen molar-refractivity contribution in [1.82, 2.24) is 19.9 Å². The zero-order valence-corrected chi connectivity index (χ0v) is 16.8. The highest BCUT2D eigenvalue weighted by Gasteiger charge is 2.18. The first kappa shape index (κ1) is 20.3. The summed E-state index contributed by atoms with van der Waals surface area (Å²) in [6.07, 6.45) is 2.84. The van der Waals surface area contributed by atoms with Crippen LogP contribution in [0.3, 0.4) is 0 Å². The number of nitrogens with zero attached hydrogens (tertiary/aromatic N) is 3. The summed E-state index contributed by atoms with van der Waals surface area (Å²) in [5.74, 6) is -0.0827. The molecule has 0 aliphatic heterocycles. The molecule has 2 heterocycles. The molecule has 1 atom stereocenters. The monoisotopic (exact) mass is 417 g/mol. The van der Waals surface area contributed by atoms with Gasteiger partial charge in [0, 0.05) is 17.6 Å². The number of aromatic nitrogens is 3. The number of rotatable bonds is 7. The number of fused-ring (bicyclic) bond motifs is 1. The number of anilines is 1. The number of thiazole rings is 1. The summed E-state index contributed by atoms with van der Waals surface area (Å²) < 4.78 is 11.6. The van der Waals surface area contributed by atoms with Crippen molar-refractivity contribution in [2.75, 3.05) is 19.5 Å². The molecule has 3 rings (SSSR count). The van der Waals surface area contributed by atoms with Crippen LogP contribution < -0.4 is 25.7 Å². The Hall–Kier alpha value is -3.47. The summed E-state index contributed by atoms with van der Waals surface area (Å²) >= 11 is 1.27. The van der Waals surface area contributed by atoms with Crippen LogP contribution in [0.25, 0.3) is 10.9 Å². The molecular formula is C18H19N5O5S. The normalized spacial score (nSPS) is 11.7. The lowest BCUT2D eigenvalue weighted by Crippen LogP contribution is -2.43. The van der Waals surface area contributed by atoms with Crippen molar-refractivity contribution in [3.05, 3.63) is 40.4 Å². The quantitative estimate of drug-likeness (QED) is 0.588. The Morgan fingerprint density at radius 2 is 1.93 bits per heavy atom. The molecule has 0 spiro atoms. The molecule has 0 aliphatic carbocycles. The van der Waals surface area contributed by atoms with Crippen LogP contribution in [-0.2, 0) is 16.1 Å². The van der Waals surface area contributed by atoms with Gasteiger partial charge in [0.2, 0.25) is 11.8 Å². The Balaban J connectivity index is 1.73. The molecule has 0 unspecified atom stereocenters. The van der Waals surface area contributed by atoms with Crippen molar-refractivity contribution in [3.8, 4) is 11.5 Å². The molecule has 29 heavy (non-hydrogen) atoms. The van der Waals surface area contributed by atoms with Crippen LogP contribution >= 0.6 is 11.3 Å². The molecule has 0 saturated carbocycles. The van der Waals surface area contributed by atoms with Crippen LogP contribution in [0.5, 0.6) is 11.5 Å². The summed E-state index contributed by atoms with van der Waals surface area (Å²) in [7, 11) is 2.95. The molecule has 0 bridgehead atoms. The van der Waals surface area contributed by atoms with E-state index in [1.54, 1.807) is 24.6 Å². The number of methoxy groups -OCH3 is 2. The van der Waals surface area contributed by atoms with Crippen LogP contribution in [0.15, 0.2) is 34.8 Å². The highest BCUT2D eigenvalue weighted by molar-refractivity contribution is 7.13. The zero-order chi connectivity index (χ0) is 21.0. The van der Waals surface area contributed by atoms with Crippen molar-refractivity contribution < 1.29 is 19.1 Å². The summed E-state index contributed by atoms with van der Waals surface area (Å²) in [6.45, 7) is 1.25. The van der Waals surface area contributed by atoms with Crippen molar-refractivity contribution in [3.63, 3.8) is 0 Å². The number of hydrogen-bond acceptors (Lipinski definition) is 8. The van der Waals surface area contributed by atoms with E-state index in [0.29, 0.717) is 22.1 Å². The molecule has 10 nitrogen and oxygen atoms in total. The maximum Gasteiger partial charge on any atom is 0.261 e. The highest BCUT2D eigenvalue weighted by Crippen LogP contribution is 2.29. The van der Waals surface area contributed by atoms with Gasteiger partial charge in [-0.25, -0.2) is 9.97 Å². The predicted octanol–water partition coefficient (Wildman–Crippen LogP) is 1.01. The second-order valence-electron chi connectivity index (χ2n) is 6.02. The van der Waals surface area contributed by atoms with Crippen molar-refractivity contribution in [2.45, 2.75) is 19.5 Å². The Kier molecular flexibility index (Phi) is 6.07. The number of carbonyl (C=O) groups is 2. The molecule has 0 aliphatic rings. The van der Waals surface area contributed by atoms with Gasteiger partial charge in [0.15, 0.2) is 16.6 Å². The van der Waals surface area contributed by atoms with Gasteiger partial charge in [0.25, 0.3) is 5.56 Å². The molecule has 0 radical (unpaired) electrons. The topological polar surface area (TPSA) is 124 Å². The van der Waals surface area contributed by atoms with Crippen LogP contribution in [0.2, 0.25) is 0 Å². The number of carbonyl (C=O) groups excluding carboxylic acids is 2. The van der Waals surface area contributed by atoms with E-state index in [9.17, 15) is 14.4 Å². The fourth-order valence-electron chi connectivity index (χ4n) is 2.60. The lowest BCUT2D eigenvalue weighted by atomic mass is 10.2. The molecule has 0 fully saturated rings. The van der Waals surface area contributed by atoms with Gasteiger partial charge in [-0.2, -0.15) is 0 Å². The van der Waals surface area contributed by atoms with Crippen LogP contribution in [0.4, 0.5) is 5.13 Å². The molecule has 0 saturated heterocycles. The molecule has 152 valence electrons. The maximum absolute atomic E-state index is 12.7. The number of benzene rings is 1. The smallest absolute Gasteiger partial charge is 0.261 e. The van der Waals surface area contributed by atoms with Crippen LogP contribution in [-0.4, -0.2) is 46.6 Å². The standard InChI is InChI=1S/C18H19N5O5S/c1-10(16(25)22-18-19-4-5-29-18)21-15(24)8-23-9-20-12-7-14(28-3)13(27-2)6-11(12)17(23)26/h4-7,9-10H,8H2,1-3H3,(H,21,24)(H,19,22,25)/t10-/m0/s1. The first-order valence-corrected chi connectivity index (χ1v) is 9.41. The van der Waals surface area contributed by atoms with Gasteiger partial charge in [-0.15, -0.1) is 11.3 Å². The van der Waals surface area contributed by atoms with E-state index in [2.05, 4.69) is 20.6 Å². The molecule has 1 aromatic carbocycles. The Morgan fingerprint density at radius 3 is 2.59 bits per heavy atom. The van der Waals surface area contributed by atoms with E-state index < -0.39 is 23.4 Å². The SMILES string of the molecule is COc1cc2ncn(CC(=O)N[C@@H](C)C(=O)Nc3nccs3)c(=O)c2cc1OC. The molecule has 3 aromatic rings. The van der Waals surface area contributed by atoms with Crippen molar-refractivity contribution in [1.29, 1.82) is 0 Å². The summed E-state index contributed by atoms with van der Waals surface area (Å²) in [6, 6.07) is 2.30. The fourth-order valence-corrected chi connectivity index (χ4v) is 3.14. The van der Waals surface area contributed by atoms with Gasteiger partial charge in [-0.3, -0.25) is 19.0 Å². The lowest BCUT2D eigenvalue weighted by Gasteiger charge is -2.14. The minimum Gasteiger partial charge on any atom is -0.493 e. The second-order valence-corrected chi connectivity index (χ2v) is 6.91. The predicted molar refractivity (Wildman–Crippen MR) is 107 cm³/mol. The van der Waals surface area contributed by atoms with Crippen molar-refractivity contribution in [2.24, 2.45) is 0 Å². The molecular weight excluding hydrogens is 398 g/mol. The van der Waals surface area contributed by atoms with E-state index in [4.69, 9.17) is 9.47 Å². The van der Waals surface area contributed by atoms with E-state index in [1.165, 1.54) is 38.0 Å². The van der Waals surface area contributed by atoms with Gasteiger partial charge >= 0.3 is 0 Å². The largest absolute Gasteiger partial charge is 0.493 e. The average Bonchev–Trinajstić information content (AvgIpc) is 3.22. The number of hydrogen-bond donors (Lipinski definition) is 2. The molecule has 2 amide bonds. The van der Waals surface area contributed by atoms with Gasteiger partial charge in [-0.1, -0.05) is 0 Å². The summed E-state index contributed by atoms with van der Waals surface area (Å²) in [5, 5.41) is 7.60. The van der Waals surface area contributed by atoms with Crippen LogP contribution in [0.1, 0.15) is 6.92 Å². The number of nitrogens with one attached hydrogen (secondary N) is 2. The van der Waals surface area contributed by atoms with E-state index in [-0.39, 0.29) is 11.9 Å². The third kappa shape index (κ3) is 4.51.